The third-order valence-corrected chi connectivity index (χ3v) is 12.7. The minimum atomic E-state index is -0.00937. The lowest BCUT2D eigenvalue weighted by Crippen LogP contribution is -2.29. The van der Waals surface area contributed by atoms with Gasteiger partial charge in [-0.15, -0.1) is 0 Å². The van der Waals surface area contributed by atoms with E-state index in [9.17, 15) is 14.7 Å². The number of carbonyl (C=O) groups is 2. The Labute approximate surface area is 375 Å². The molecule has 0 amide bonds. The van der Waals surface area contributed by atoms with Crippen molar-refractivity contribution in [1.29, 1.82) is 0 Å². The quantitative estimate of drug-likeness (QED) is 0.0485. The highest BCUT2D eigenvalue weighted by Gasteiger charge is 2.16. The highest BCUT2D eigenvalue weighted by atomic mass is 16.5. The average molecular weight is 850 g/mol. The fraction of sp³-hybridized carbons (Fsp3) is 0.963. The van der Waals surface area contributed by atoms with Gasteiger partial charge in [0.1, 0.15) is 12.2 Å². The van der Waals surface area contributed by atoms with E-state index in [-0.39, 0.29) is 30.8 Å². The summed E-state index contributed by atoms with van der Waals surface area (Å²) in [5.41, 5.74) is 0. The van der Waals surface area contributed by atoms with Crippen molar-refractivity contribution in [2.45, 2.75) is 310 Å². The Morgan fingerprint density at radius 3 is 0.867 bits per heavy atom. The van der Waals surface area contributed by atoms with Gasteiger partial charge in [0, 0.05) is 19.4 Å². The second kappa shape index (κ2) is 48.9. The third-order valence-electron chi connectivity index (χ3n) is 12.7. The lowest BCUT2D eigenvalue weighted by molar-refractivity contribution is -0.151. The van der Waals surface area contributed by atoms with Crippen LogP contribution in [0, 0.1) is 0 Å². The predicted octanol–water partition coefficient (Wildman–Crippen LogP) is 16.6. The van der Waals surface area contributed by atoms with Crippen LogP contribution in [0.3, 0.4) is 0 Å². The van der Waals surface area contributed by atoms with Crippen LogP contribution in [0.5, 0.6) is 0 Å². The molecule has 6 nitrogen and oxygen atoms in total. The van der Waals surface area contributed by atoms with Crippen LogP contribution in [0.25, 0.3) is 0 Å². The van der Waals surface area contributed by atoms with E-state index in [0.29, 0.717) is 19.4 Å². The first kappa shape index (κ1) is 58.9. The minimum absolute atomic E-state index is 0.00937. The van der Waals surface area contributed by atoms with Gasteiger partial charge < -0.3 is 19.5 Å². The molecule has 60 heavy (non-hydrogen) atoms. The zero-order valence-electron chi connectivity index (χ0n) is 41.2. The smallest absolute Gasteiger partial charge is 0.306 e. The van der Waals surface area contributed by atoms with Crippen molar-refractivity contribution in [2.75, 3.05) is 26.2 Å². The number of nitrogens with zero attached hydrogens (tertiary/aromatic N) is 1. The molecule has 358 valence electrons. The summed E-state index contributed by atoms with van der Waals surface area (Å²) in [6.07, 6.45) is 50.2. The van der Waals surface area contributed by atoms with Gasteiger partial charge in [-0.1, -0.05) is 207 Å². The Morgan fingerprint density at radius 1 is 0.350 bits per heavy atom. The van der Waals surface area contributed by atoms with E-state index in [1.54, 1.807) is 0 Å². The van der Waals surface area contributed by atoms with Crippen LogP contribution < -0.4 is 0 Å². The lowest BCUT2D eigenvalue weighted by atomic mass is 10.0. The molecule has 0 aliphatic rings. The zero-order valence-corrected chi connectivity index (χ0v) is 41.2. The molecular formula is C54H107NO5. The number of aliphatic hydroxyl groups is 1. The molecule has 0 spiro atoms. The Bertz CT molecular complexity index is 801. The maximum absolute atomic E-state index is 12.9. The van der Waals surface area contributed by atoms with Crippen LogP contribution in [-0.4, -0.2) is 60.4 Å². The third kappa shape index (κ3) is 43.5. The van der Waals surface area contributed by atoms with Crippen molar-refractivity contribution in [2.24, 2.45) is 0 Å². The van der Waals surface area contributed by atoms with Gasteiger partial charge in [0.05, 0.1) is 6.61 Å². The van der Waals surface area contributed by atoms with E-state index in [4.69, 9.17) is 9.47 Å². The van der Waals surface area contributed by atoms with Gasteiger partial charge in [-0.2, -0.15) is 0 Å². The van der Waals surface area contributed by atoms with Gasteiger partial charge in [0.15, 0.2) is 0 Å². The topological polar surface area (TPSA) is 76.1 Å². The van der Waals surface area contributed by atoms with Crippen molar-refractivity contribution < 1.29 is 24.2 Å². The summed E-state index contributed by atoms with van der Waals surface area (Å²) < 4.78 is 12.2. The number of carbonyl (C=O) groups excluding carboxylic acids is 2. The Kier molecular flexibility index (Phi) is 48.0. The van der Waals surface area contributed by atoms with E-state index < -0.39 is 0 Å². The second-order valence-corrected chi connectivity index (χ2v) is 18.8. The second-order valence-electron chi connectivity index (χ2n) is 18.8. The number of aliphatic hydroxyl groups excluding tert-OH is 1. The van der Waals surface area contributed by atoms with Gasteiger partial charge in [0.25, 0.3) is 0 Å². The predicted molar refractivity (Wildman–Crippen MR) is 260 cm³/mol. The molecule has 0 heterocycles. The van der Waals surface area contributed by atoms with E-state index in [0.717, 1.165) is 77.3 Å². The van der Waals surface area contributed by atoms with E-state index in [1.807, 2.05) is 0 Å². The molecule has 0 aromatic carbocycles. The number of hydrogen-bond donors (Lipinski definition) is 1. The number of unbranched alkanes of at least 4 members (excludes halogenated alkanes) is 30. The number of esters is 2. The van der Waals surface area contributed by atoms with Gasteiger partial charge >= 0.3 is 11.9 Å². The van der Waals surface area contributed by atoms with Gasteiger partial charge in [-0.3, -0.25) is 9.59 Å². The molecule has 0 saturated carbocycles. The number of ether oxygens (including phenoxy) is 2. The molecule has 6 heteroatoms. The maximum atomic E-state index is 12.9. The molecule has 0 radical (unpaired) electrons. The van der Waals surface area contributed by atoms with Gasteiger partial charge in [-0.05, 0) is 90.1 Å². The fourth-order valence-corrected chi connectivity index (χ4v) is 8.72. The molecule has 0 aromatic rings. The van der Waals surface area contributed by atoms with Crippen LogP contribution in [0.15, 0.2) is 0 Å². The summed E-state index contributed by atoms with van der Waals surface area (Å²) in [5.74, 6) is -0.0187. The Morgan fingerprint density at radius 2 is 0.600 bits per heavy atom. The summed E-state index contributed by atoms with van der Waals surface area (Å²) in [5, 5.41) is 9.71. The van der Waals surface area contributed by atoms with Crippen molar-refractivity contribution in [1.82, 2.24) is 4.90 Å². The van der Waals surface area contributed by atoms with E-state index in [2.05, 4.69) is 32.6 Å². The average Bonchev–Trinajstić information content (AvgIpc) is 3.24. The first-order valence-corrected chi connectivity index (χ1v) is 27.2. The largest absolute Gasteiger partial charge is 0.462 e. The Hall–Kier alpha value is -1.14. The monoisotopic (exact) mass is 850 g/mol. The molecule has 1 N–H and O–H groups in total. The zero-order chi connectivity index (χ0) is 43.8. The Balaban J connectivity index is 4.44. The van der Waals surface area contributed by atoms with Gasteiger partial charge in [-0.25, -0.2) is 0 Å². The first-order chi connectivity index (χ1) is 29.5. The van der Waals surface area contributed by atoms with Crippen LogP contribution in [0.4, 0.5) is 0 Å². The van der Waals surface area contributed by atoms with Crippen molar-refractivity contribution >= 4 is 11.9 Å². The number of rotatable bonds is 50. The van der Waals surface area contributed by atoms with Crippen LogP contribution in [-0.2, 0) is 19.1 Å². The molecule has 0 rings (SSSR count). The highest BCUT2D eigenvalue weighted by Crippen LogP contribution is 2.20. The molecule has 0 aliphatic carbocycles. The summed E-state index contributed by atoms with van der Waals surface area (Å²) in [6.45, 7) is 11.8. The first-order valence-electron chi connectivity index (χ1n) is 27.2. The normalized spacial score (nSPS) is 12.6. The van der Waals surface area contributed by atoms with Crippen molar-refractivity contribution in [3.05, 3.63) is 0 Å². The molecule has 2 unspecified atom stereocenters. The maximum Gasteiger partial charge on any atom is 0.306 e. The molecule has 0 aromatic heterocycles. The minimum Gasteiger partial charge on any atom is -0.462 e. The summed E-state index contributed by atoms with van der Waals surface area (Å²) in [4.78, 5) is 28.2. The van der Waals surface area contributed by atoms with E-state index in [1.165, 1.54) is 193 Å². The molecule has 0 bridgehead atoms. The molecular weight excluding hydrogens is 743 g/mol. The van der Waals surface area contributed by atoms with Crippen LogP contribution in [0.1, 0.15) is 297 Å². The van der Waals surface area contributed by atoms with Crippen molar-refractivity contribution in [3.8, 4) is 0 Å². The molecule has 0 fully saturated rings. The lowest BCUT2D eigenvalue weighted by Gasteiger charge is -2.21. The van der Waals surface area contributed by atoms with E-state index >= 15 is 0 Å². The number of hydrogen-bond acceptors (Lipinski definition) is 6. The molecule has 2 atom stereocenters. The summed E-state index contributed by atoms with van der Waals surface area (Å²) in [7, 11) is 0. The van der Waals surface area contributed by atoms with Gasteiger partial charge in [0.2, 0.25) is 0 Å². The van der Waals surface area contributed by atoms with Crippen molar-refractivity contribution in [3.63, 3.8) is 0 Å². The highest BCUT2D eigenvalue weighted by molar-refractivity contribution is 5.69. The summed E-state index contributed by atoms with van der Waals surface area (Å²) in [6, 6.07) is 0. The SMILES string of the molecule is CCCCCCCCCCCC(CCCCCCCC)OC(=O)CCCCCN(CCO)CCCCCC(=O)OC(CCCCCCCC)CCCCCCCCCCC. The standard InChI is InChI=1S/C54H107NO5/c1-5-9-13-17-21-23-25-29-35-43-51(41-33-27-19-15-11-7-3)59-53(57)45-37-31-39-47-55(49-50-56)48-40-32-38-46-54(58)60-52(42-34-28-20-16-12-8-4)44-36-30-26-24-22-18-14-10-6-2/h51-52,56H,5-50H2,1-4H3. The van der Waals surface area contributed by atoms with Crippen LogP contribution >= 0.6 is 0 Å². The molecule has 0 aliphatic heterocycles. The van der Waals surface area contributed by atoms with Crippen LogP contribution in [0.2, 0.25) is 0 Å². The molecule has 0 saturated heterocycles. The summed E-state index contributed by atoms with van der Waals surface area (Å²) >= 11 is 0. The fourth-order valence-electron chi connectivity index (χ4n) is 8.72.